The lowest BCUT2D eigenvalue weighted by Crippen LogP contribution is -2.63. The SMILES string of the molecule is COC1CC(c2cn(C)c(=O)c(C)c2C)CC(OC)C1CN1CCC(N2CCN(c3ccc(NC4CCC(=O)NC4=O)cc3F)CC2)C(F)(F)C1. The second-order valence-electron chi connectivity index (χ2n) is 14.8. The van der Waals surface area contributed by atoms with Gasteiger partial charge in [0.1, 0.15) is 11.9 Å². The Morgan fingerprint density at radius 2 is 1.65 bits per heavy atom. The molecule has 0 spiro atoms. The second-order valence-corrected chi connectivity index (χ2v) is 14.8. The van der Waals surface area contributed by atoms with Gasteiger partial charge in [-0.3, -0.25) is 29.5 Å². The Bertz CT molecular complexity index is 1650. The van der Waals surface area contributed by atoms with Crippen LogP contribution in [0.2, 0.25) is 0 Å². The molecule has 3 saturated heterocycles. The average Bonchev–Trinajstić information content (AvgIpc) is 3.10. The Morgan fingerprint density at radius 1 is 0.961 bits per heavy atom. The summed E-state index contributed by atoms with van der Waals surface area (Å²) in [6.45, 7) is 6.06. The van der Waals surface area contributed by atoms with E-state index in [4.69, 9.17) is 9.47 Å². The highest BCUT2D eigenvalue weighted by atomic mass is 19.3. The summed E-state index contributed by atoms with van der Waals surface area (Å²) < 4.78 is 60.7. The Morgan fingerprint density at radius 3 is 2.25 bits per heavy atom. The predicted octanol–water partition coefficient (Wildman–Crippen LogP) is 3.41. The van der Waals surface area contributed by atoms with E-state index in [1.807, 2.05) is 34.7 Å². The minimum atomic E-state index is -2.93. The molecule has 280 valence electrons. The Labute approximate surface area is 297 Å². The molecule has 11 nitrogen and oxygen atoms in total. The molecule has 6 rings (SSSR count). The first-order valence-corrected chi connectivity index (χ1v) is 18.0. The third-order valence-corrected chi connectivity index (χ3v) is 11.7. The monoisotopic (exact) mass is 716 g/mol. The molecule has 14 heteroatoms. The number of hydrogen-bond acceptors (Lipinski definition) is 9. The van der Waals surface area contributed by atoms with E-state index in [1.165, 1.54) is 6.07 Å². The van der Waals surface area contributed by atoms with Gasteiger partial charge in [0.05, 0.1) is 30.5 Å². The van der Waals surface area contributed by atoms with Gasteiger partial charge in [0.25, 0.3) is 11.5 Å². The number of rotatable bonds is 9. The highest BCUT2D eigenvalue weighted by Gasteiger charge is 2.49. The van der Waals surface area contributed by atoms with Gasteiger partial charge < -0.3 is 24.3 Å². The van der Waals surface area contributed by atoms with Gasteiger partial charge in [-0.05, 0) is 74.8 Å². The second kappa shape index (κ2) is 15.3. The van der Waals surface area contributed by atoms with Crippen LogP contribution in [-0.2, 0) is 26.1 Å². The van der Waals surface area contributed by atoms with Crippen LogP contribution in [0.3, 0.4) is 0 Å². The minimum Gasteiger partial charge on any atom is -0.381 e. The number of likely N-dealkylation sites (tertiary alicyclic amines) is 1. The van der Waals surface area contributed by atoms with Gasteiger partial charge in [-0.1, -0.05) is 0 Å². The predicted molar refractivity (Wildman–Crippen MR) is 188 cm³/mol. The van der Waals surface area contributed by atoms with Gasteiger partial charge in [0.15, 0.2) is 0 Å². The largest absolute Gasteiger partial charge is 0.381 e. The number of aromatic nitrogens is 1. The summed E-state index contributed by atoms with van der Waals surface area (Å²) in [4.78, 5) is 41.6. The maximum Gasteiger partial charge on any atom is 0.275 e. The van der Waals surface area contributed by atoms with Crippen molar-refractivity contribution >= 4 is 23.2 Å². The zero-order chi connectivity index (χ0) is 36.6. The number of alkyl halides is 2. The minimum absolute atomic E-state index is 0.00972. The zero-order valence-electron chi connectivity index (χ0n) is 30.2. The highest BCUT2D eigenvalue weighted by Crippen LogP contribution is 2.41. The van der Waals surface area contributed by atoms with Crippen molar-refractivity contribution in [2.24, 2.45) is 13.0 Å². The Balaban J connectivity index is 1.04. The lowest BCUT2D eigenvalue weighted by Gasteiger charge is -2.48. The molecule has 0 bridgehead atoms. The number of piperidine rings is 2. The number of hydrogen-bond donors (Lipinski definition) is 2. The molecule has 4 fully saturated rings. The molecule has 1 saturated carbocycles. The number of nitrogens with zero attached hydrogens (tertiary/aromatic N) is 4. The van der Waals surface area contributed by atoms with E-state index in [2.05, 4.69) is 10.6 Å². The van der Waals surface area contributed by atoms with E-state index in [9.17, 15) is 14.4 Å². The number of pyridine rings is 1. The van der Waals surface area contributed by atoms with Crippen LogP contribution in [0.5, 0.6) is 0 Å². The third-order valence-electron chi connectivity index (χ3n) is 11.7. The van der Waals surface area contributed by atoms with Crippen LogP contribution >= 0.6 is 0 Å². The fourth-order valence-electron chi connectivity index (χ4n) is 8.76. The molecule has 1 aromatic heterocycles. The number of nitrogens with one attached hydrogen (secondary N) is 2. The van der Waals surface area contributed by atoms with Crippen molar-refractivity contribution in [3.63, 3.8) is 0 Å². The van der Waals surface area contributed by atoms with Crippen molar-refractivity contribution < 1.29 is 32.2 Å². The maximum atomic E-state index is 15.9. The number of carbonyl (C=O) groups is 2. The molecule has 1 aliphatic carbocycles. The first-order valence-electron chi connectivity index (χ1n) is 18.0. The van der Waals surface area contributed by atoms with E-state index < -0.39 is 29.7 Å². The number of imide groups is 1. The number of amides is 2. The molecule has 4 atom stereocenters. The van der Waals surface area contributed by atoms with Crippen molar-refractivity contribution in [2.75, 3.05) is 70.2 Å². The number of carbonyl (C=O) groups excluding carboxylic acids is 2. The van der Waals surface area contributed by atoms with Crippen LogP contribution in [0, 0.1) is 25.6 Å². The van der Waals surface area contributed by atoms with Crippen LogP contribution in [0.25, 0.3) is 0 Å². The molecule has 2 N–H and O–H groups in total. The van der Waals surface area contributed by atoms with Gasteiger partial charge in [0.2, 0.25) is 11.8 Å². The summed E-state index contributed by atoms with van der Waals surface area (Å²) in [6, 6.07) is 3.15. The number of methoxy groups -OCH3 is 2. The van der Waals surface area contributed by atoms with Crippen molar-refractivity contribution in [3.8, 4) is 0 Å². The topological polar surface area (TPSA) is 108 Å². The molecular weight excluding hydrogens is 665 g/mol. The van der Waals surface area contributed by atoms with Crippen molar-refractivity contribution in [3.05, 3.63) is 57.3 Å². The lowest BCUT2D eigenvalue weighted by atomic mass is 9.73. The Hall–Kier alpha value is -3.46. The number of ether oxygens (including phenoxy) is 2. The molecular formula is C37H51F3N6O5. The van der Waals surface area contributed by atoms with Gasteiger partial charge in [-0.15, -0.1) is 0 Å². The highest BCUT2D eigenvalue weighted by molar-refractivity contribution is 6.01. The van der Waals surface area contributed by atoms with Gasteiger partial charge in [0, 0.05) is 90.3 Å². The van der Waals surface area contributed by atoms with E-state index in [1.54, 1.807) is 38.0 Å². The number of piperazine rings is 1. The molecule has 4 unspecified atom stereocenters. The van der Waals surface area contributed by atoms with E-state index in [0.717, 1.165) is 29.5 Å². The maximum absolute atomic E-state index is 15.9. The van der Waals surface area contributed by atoms with Crippen LogP contribution in [0.1, 0.15) is 54.7 Å². The van der Waals surface area contributed by atoms with Crippen LogP contribution in [0.4, 0.5) is 24.5 Å². The summed E-state index contributed by atoms with van der Waals surface area (Å²) >= 11 is 0. The van der Waals surface area contributed by atoms with E-state index >= 15 is 13.2 Å². The smallest absolute Gasteiger partial charge is 0.275 e. The van der Waals surface area contributed by atoms with E-state index in [-0.39, 0.29) is 48.5 Å². The quantitative estimate of drug-likeness (QED) is 0.378. The fourth-order valence-corrected chi connectivity index (χ4v) is 8.76. The summed E-state index contributed by atoms with van der Waals surface area (Å²) in [5.74, 6) is -4.10. The standard InChI is InChI=1S/C37H51F3N6O5/c1-22-23(2)36(49)43(3)19-26(22)24-16-31(50-4)27(32(17-24)51-5)20-44-11-10-33(37(39,40)21-44)46-14-12-45(13-15-46)30-8-6-25(18-28(30)38)41-29-7-9-34(47)42-35(29)48/h6,8,18-19,24,27,29,31-33,41H,7,9-17,20-21H2,1-5H3,(H,42,47,48). The number of aryl methyl sites for hydroxylation is 1. The summed E-state index contributed by atoms with van der Waals surface area (Å²) in [7, 11) is 5.11. The molecule has 4 heterocycles. The van der Waals surface area contributed by atoms with Crippen molar-refractivity contribution in [1.82, 2.24) is 19.7 Å². The number of halogens is 3. The molecule has 3 aliphatic heterocycles. The third kappa shape index (κ3) is 7.84. The Kier molecular flexibility index (Phi) is 11.2. The normalized spacial score (nSPS) is 29.2. The van der Waals surface area contributed by atoms with Crippen LogP contribution < -0.4 is 21.1 Å². The van der Waals surface area contributed by atoms with Gasteiger partial charge in [-0.2, -0.15) is 0 Å². The fraction of sp³-hybridized carbons (Fsp3) is 0.649. The van der Waals surface area contributed by atoms with Crippen LogP contribution in [0.15, 0.2) is 29.2 Å². The molecule has 4 aliphatic rings. The van der Waals surface area contributed by atoms with Gasteiger partial charge in [-0.25, -0.2) is 13.2 Å². The molecule has 2 amide bonds. The first kappa shape index (κ1) is 37.3. The van der Waals surface area contributed by atoms with Crippen molar-refractivity contribution in [2.45, 2.75) is 82.1 Å². The van der Waals surface area contributed by atoms with Gasteiger partial charge >= 0.3 is 0 Å². The molecule has 1 aromatic carbocycles. The lowest BCUT2D eigenvalue weighted by molar-refractivity contribution is -0.141. The molecule has 51 heavy (non-hydrogen) atoms. The summed E-state index contributed by atoms with van der Waals surface area (Å²) in [5, 5.41) is 5.28. The summed E-state index contributed by atoms with van der Waals surface area (Å²) in [5.41, 5.74) is 3.63. The zero-order valence-corrected chi connectivity index (χ0v) is 30.2. The first-order chi connectivity index (χ1) is 24.3. The number of benzene rings is 1. The van der Waals surface area contributed by atoms with Crippen molar-refractivity contribution in [1.29, 1.82) is 0 Å². The summed E-state index contributed by atoms with van der Waals surface area (Å²) in [6.07, 6.45) is 3.85. The van der Waals surface area contributed by atoms with E-state index in [0.29, 0.717) is 63.5 Å². The molecule has 0 radical (unpaired) electrons. The number of anilines is 2. The average molecular weight is 717 g/mol. The molecule has 2 aromatic rings. The van der Waals surface area contributed by atoms with Crippen LogP contribution in [-0.4, -0.2) is 116 Å².